The average molecular weight is 317 g/mol. The topological polar surface area (TPSA) is 49.3 Å². The quantitative estimate of drug-likeness (QED) is 0.901. The SMILES string of the molecule is CC(O)(CNC(=O)C1CCCCC1)c1cc2ccccc2s1. The fourth-order valence-corrected chi connectivity index (χ4v) is 4.21. The summed E-state index contributed by atoms with van der Waals surface area (Å²) in [5.74, 6) is 0.230. The summed E-state index contributed by atoms with van der Waals surface area (Å²) in [4.78, 5) is 13.1. The van der Waals surface area contributed by atoms with Gasteiger partial charge >= 0.3 is 0 Å². The van der Waals surface area contributed by atoms with E-state index in [1.807, 2.05) is 24.3 Å². The third-order valence-electron chi connectivity index (χ3n) is 4.54. The molecule has 0 spiro atoms. The van der Waals surface area contributed by atoms with Crippen LogP contribution in [0.5, 0.6) is 0 Å². The van der Waals surface area contributed by atoms with Crippen molar-refractivity contribution in [1.82, 2.24) is 5.32 Å². The first-order chi connectivity index (χ1) is 10.6. The molecular formula is C18H23NO2S. The van der Waals surface area contributed by atoms with Gasteiger partial charge in [0.25, 0.3) is 0 Å². The molecule has 1 amide bonds. The van der Waals surface area contributed by atoms with Gasteiger partial charge in [-0.2, -0.15) is 0 Å². The predicted molar refractivity (Wildman–Crippen MR) is 91.0 cm³/mol. The Bertz CT molecular complexity index is 623. The lowest BCUT2D eigenvalue weighted by atomic mass is 9.88. The monoisotopic (exact) mass is 317 g/mol. The molecule has 1 atom stereocenters. The number of fused-ring (bicyclic) bond motifs is 1. The summed E-state index contributed by atoms with van der Waals surface area (Å²) in [5.41, 5.74) is -1.02. The maximum Gasteiger partial charge on any atom is 0.223 e. The molecule has 1 saturated carbocycles. The normalized spacial score (nSPS) is 19.0. The van der Waals surface area contributed by atoms with Crippen LogP contribution < -0.4 is 5.32 Å². The van der Waals surface area contributed by atoms with Crippen molar-refractivity contribution in [1.29, 1.82) is 0 Å². The second-order valence-corrected chi connectivity index (χ2v) is 7.56. The fourth-order valence-electron chi connectivity index (χ4n) is 3.10. The summed E-state index contributed by atoms with van der Waals surface area (Å²) in [6.45, 7) is 2.05. The standard InChI is InChI=1S/C18H23NO2S/c1-18(21,12-19-17(20)13-7-3-2-4-8-13)16-11-14-9-5-6-10-15(14)22-16/h5-6,9-11,13,21H,2-4,7-8,12H2,1H3,(H,19,20). The number of carbonyl (C=O) groups excluding carboxylic acids is 1. The van der Waals surface area contributed by atoms with E-state index in [0.29, 0.717) is 0 Å². The third kappa shape index (κ3) is 3.33. The van der Waals surface area contributed by atoms with Gasteiger partial charge in [-0.1, -0.05) is 37.5 Å². The van der Waals surface area contributed by atoms with Gasteiger partial charge < -0.3 is 10.4 Å². The smallest absolute Gasteiger partial charge is 0.223 e. The van der Waals surface area contributed by atoms with Crippen LogP contribution in [-0.2, 0) is 10.4 Å². The lowest BCUT2D eigenvalue weighted by Gasteiger charge is -2.25. The number of carbonyl (C=O) groups is 1. The van der Waals surface area contributed by atoms with Gasteiger partial charge in [0.05, 0.1) is 6.54 Å². The second kappa shape index (κ2) is 6.39. The Morgan fingerprint density at radius 3 is 2.77 bits per heavy atom. The summed E-state index contributed by atoms with van der Waals surface area (Å²) in [6.07, 6.45) is 5.49. The van der Waals surface area contributed by atoms with E-state index in [0.717, 1.165) is 40.6 Å². The number of thiophene rings is 1. The van der Waals surface area contributed by atoms with E-state index < -0.39 is 5.60 Å². The number of hydrogen-bond acceptors (Lipinski definition) is 3. The summed E-state index contributed by atoms with van der Waals surface area (Å²) < 4.78 is 1.16. The number of hydrogen-bond donors (Lipinski definition) is 2. The average Bonchev–Trinajstić information content (AvgIpc) is 2.98. The number of amides is 1. The highest BCUT2D eigenvalue weighted by molar-refractivity contribution is 7.19. The van der Waals surface area contributed by atoms with Crippen molar-refractivity contribution in [2.24, 2.45) is 5.92 Å². The molecule has 4 heteroatoms. The Labute approximate surface area is 135 Å². The van der Waals surface area contributed by atoms with Gasteiger partial charge in [0, 0.05) is 15.5 Å². The number of rotatable bonds is 4. The Hall–Kier alpha value is -1.39. The fraction of sp³-hybridized carbons (Fsp3) is 0.500. The number of benzene rings is 1. The Balaban J connectivity index is 1.66. The maximum absolute atomic E-state index is 12.2. The molecule has 3 nitrogen and oxygen atoms in total. The molecule has 1 heterocycles. The van der Waals surface area contributed by atoms with Gasteiger partial charge in [-0.15, -0.1) is 11.3 Å². The lowest BCUT2D eigenvalue weighted by Crippen LogP contribution is -2.41. The zero-order valence-corrected chi connectivity index (χ0v) is 13.8. The molecule has 1 unspecified atom stereocenters. The molecule has 22 heavy (non-hydrogen) atoms. The van der Waals surface area contributed by atoms with Crippen LogP contribution in [0.2, 0.25) is 0 Å². The van der Waals surface area contributed by atoms with Crippen molar-refractivity contribution in [2.75, 3.05) is 6.54 Å². The summed E-state index contributed by atoms with van der Waals surface area (Å²) in [7, 11) is 0. The molecule has 1 aromatic carbocycles. The van der Waals surface area contributed by atoms with E-state index >= 15 is 0 Å². The number of nitrogens with one attached hydrogen (secondary N) is 1. The van der Waals surface area contributed by atoms with E-state index in [1.54, 1.807) is 18.3 Å². The first kappa shape index (κ1) is 15.5. The largest absolute Gasteiger partial charge is 0.383 e. The molecule has 2 N–H and O–H groups in total. The highest BCUT2D eigenvalue weighted by Crippen LogP contribution is 2.33. The minimum absolute atomic E-state index is 0.0982. The summed E-state index contributed by atoms with van der Waals surface area (Å²) in [6, 6.07) is 10.1. The first-order valence-electron chi connectivity index (χ1n) is 8.05. The van der Waals surface area contributed by atoms with Crippen molar-refractivity contribution in [3.8, 4) is 0 Å². The van der Waals surface area contributed by atoms with Crippen LogP contribution in [0.3, 0.4) is 0 Å². The molecule has 1 aliphatic rings. The van der Waals surface area contributed by atoms with Crippen LogP contribution >= 0.6 is 11.3 Å². The van der Waals surface area contributed by atoms with E-state index in [-0.39, 0.29) is 18.4 Å². The molecule has 2 aromatic rings. The van der Waals surface area contributed by atoms with E-state index in [2.05, 4.69) is 11.4 Å². The second-order valence-electron chi connectivity index (χ2n) is 6.48. The molecular weight excluding hydrogens is 294 g/mol. The molecule has 0 aliphatic heterocycles. The van der Waals surface area contributed by atoms with Crippen molar-refractivity contribution in [3.63, 3.8) is 0 Å². The lowest BCUT2D eigenvalue weighted by molar-refractivity contribution is -0.127. The Kier molecular flexibility index (Phi) is 4.50. The van der Waals surface area contributed by atoms with E-state index in [9.17, 15) is 9.90 Å². The van der Waals surface area contributed by atoms with Crippen LogP contribution in [-0.4, -0.2) is 17.6 Å². The molecule has 0 radical (unpaired) electrons. The van der Waals surface area contributed by atoms with Gasteiger partial charge in [-0.25, -0.2) is 0 Å². The van der Waals surface area contributed by atoms with Crippen LogP contribution in [0.25, 0.3) is 10.1 Å². The van der Waals surface area contributed by atoms with Crippen molar-refractivity contribution < 1.29 is 9.90 Å². The number of aliphatic hydroxyl groups is 1. The summed E-state index contributed by atoms with van der Waals surface area (Å²) >= 11 is 1.59. The zero-order valence-electron chi connectivity index (χ0n) is 13.0. The van der Waals surface area contributed by atoms with Crippen LogP contribution in [0.4, 0.5) is 0 Å². The zero-order chi connectivity index (χ0) is 15.6. The molecule has 118 valence electrons. The maximum atomic E-state index is 12.2. The molecule has 1 fully saturated rings. The van der Waals surface area contributed by atoms with E-state index in [1.165, 1.54) is 6.42 Å². The van der Waals surface area contributed by atoms with Gasteiger partial charge in [-0.3, -0.25) is 4.79 Å². The molecule has 3 rings (SSSR count). The Morgan fingerprint density at radius 1 is 1.32 bits per heavy atom. The van der Waals surface area contributed by atoms with Gasteiger partial charge in [0.1, 0.15) is 5.60 Å². The molecule has 0 bridgehead atoms. The predicted octanol–water partition coefficient (Wildman–Crippen LogP) is 3.81. The third-order valence-corrected chi connectivity index (χ3v) is 5.91. The van der Waals surface area contributed by atoms with Gasteiger partial charge in [0.15, 0.2) is 0 Å². The first-order valence-corrected chi connectivity index (χ1v) is 8.87. The molecule has 0 saturated heterocycles. The van der Waals surface area contributed by atoms with Crippen LogP contribution in [0.1, 0.15) is 43.9 Å². The highest BCUT2D eigenvalue weighted by atomic mass is 32.1. The molecule has 1 aromatic heterocycles. The van der Waals surface area contributed by atoms with Crippen LogP contribution in [0.15, 0.2) is 30.3 Å². The summed E-state index contributed by atoms with van der Waals surface area (Å²) in [5, 5.41) is 14.8. The Morgan fingerprint density at radius 2 is 2.05 bits per heavy atom. The minimum atomic E-state index is -1.02. The van der Waals surface area contributed by atoms with Crippen molar-refractivity contribution in [3.05, 3.63) is 35.2 Å². The van der Waals surface area contributed by atoms with Crippen molar-refractivity contribution in [2.45, 2.75) is 44.6 Å². The van der Waals surface area contributed by atoms with E-state index in [4.69, 9.17) is 0 Å². The van der Waals surface area contributed by atoms with Crippen molar-refractivity contribution >= 4 is 27.3 Å². The van der Waals surface area contributed by atoms with Gasteiger partial charge in [-0.05, 0) is 37.3 Å². The molecule has 1 aliphatic carbocycles. The van der Waals surface area contributed by atoms with Crippen LogP contribution in [0, 0.1) is 5.92 Å². The highest BCUT2D eigenvalue weighted by Gasteiger charge is 2.28. The minimum Gasteiger partial charge on any atom is -0.383 e. The van der Waals surface area contributed by atoms with Gasteiger partial charge in [0.2, 0.25) is 5.91 Å².